The van der Waals surface area contributed by atoms with Crippen molar-refractivity contribution in [3.05, 3.63) is 71.9 Å². The number of hydrogen-bond donors (Lipinski definition) is 1. The third kappa shape index (κ3) is 4.18. The number of carbonyl (C=O) groups is 1. The van der Waals surface area contributed by atoms with E-state index in [9.17, 15) is 13.6 Å². The molecule has 0 bridgehead atoms. The Kier molecular flexibility index (Phi) is 5.52. The standard InChI is InChI=1S/C21H18F2N6O2/c1-3-31-21(30)15-9-26-20(17-10-25-18-7-5-14(23)11-29(17)18)28-19(15)27-12(2)16-6-4-13(22)8-24-16/h4-12H,3H2,1-2H3,(H,26,27,28). The van der Waals surface area contributed by atoms with Crippen LogP contribution in [-0.4, -0.2) is 36.9 Å². The normalized spacial score (nSPS) is 12.0. The van der Waals surface area contributed by atoms with Gasteiger partial charge in [0.25, 0.3) is 0 Å². The Labute approximate surface area is 176 Å². The smallest absolute Gasteiger partial charge is 0.343 e. The van der Waals surface area contributed by atoms with Gasteiger partial charge in [0.2, 0.25) is 0 Å². The van der Waals surface area contributed by atoms with Gasteiger partial charge < -0.3 is 10.1 Å². The summed E-state index contributed by atoms with van der Waals surface area (Å²) in [4.78, 5) is 29.4. The van der Waals surface area contributed by atoms with Gasteiger partial charge >= 0.3 is 5.97 Å². The molecule has 0 radical (unpaired) electrons. The number of carbonyl (C=O) groups excluding carboxylic acids is 1. The molecule has 1 N–H and O–H groups in total. The Balaban J connectivity index is 1.76. The Morgan fingerprint density at radius 3 is 2.65 bits per heavy atom. The minimum atomic E-state index is -0.597. The highest BCUT2D eigenvalue weighted by Crippen LogP contribution is 2.24. The van der Waals surface area contributed by atoms with Crippen molar-refractivity contribution in [2.75, 3.05) is 11.9 Å². The molecular weight excluding hydrogens is 406 g/mol. The van der Waals surface area contributed by atoms with Gasteiger partial charge in [0.15, 0.2) is 5.82 Å². The lowest BCUT2D eigenvalue weighted by Gasteiger charge is -2.17. The van der Waals surface area contributed by atoms with Crippen LogP contribution < -0.4 is 5.32 Å². The van der Waals surface area contributed by atoms with Crippen LogP contribution in [0.1, 0.15) is 35.9 Å². The lowest BCUT2D eigenvalue weighted by Crippen LogP contribution is -2.16. The quantitative estimate of drug-likeness (QED) is 0.470. The molecule has 0 aromatic carbocycles. The number of fused-ring (bicyclic) bond motifs is 1. The Bertz CT molecular complexity index is 1240. The number of hydrogen-bond acceptors (Lipinski definition) is 7. The van der Waals surface area contributed by atoms with E-state index in [0.29, 0.717) is 17.0 Å². The fourth-order valence-electron chi connectivity index (χ4n) is 3.02. The van der Waals surface area contributed by atoms with E-state index in [4.69, 9.17) is 4.74 Å². The van der Waals surface area contributed by atoms with Gasteiger partial charge in [0.1, 0.15) is 34.4 Å². The lowest BCUT2D eigenvalue weighted by atomic mass is 10.2. The second kappa shape index (κ2) is 8.42. The van der Waals surface area contributed by atoms with Crippen LogP contribution >= 0.6 is 0 Å². The monoisotopic (exact) mass is 424 g/mol. The number of anilines is 1. The van der Waals surface area contributed by atoms with Crippen LogP contribution in [0.2, 0.25) is 0 Å². The Morgan fingerprint density at radius 2 is 1.90 bits per heavy atom. The van der Waals surface area contributed by atoms with Crippen molar-refractivity contribution < 1.29 is 18.3 Å². The van der Waals surface area contributed by atoms with E-state index in [1.165, 1.54) is 47.3 Å². The van der Waals surface area contributed by atoms with Crippen molar-refractivity contribution in [1.29, 1.82) is 0 Å². The summed E-state index contributed by atoms with van der Waals surface area (Å²) < 4.78 is 33.5. The van der Waals surface area contributed by atoms with Crippen molar-refractivity contribution in [3.8, 4) is 11.5 Å². The predicted octanol–water partition coefficient (Wildman–Crippen LogP) is 3.81. The zero-order valence-electron chi connectivity index (χ0n) is 16.7. The highest BCUT2D eigenvalue weighted by atomic mass is 19.1. The van der Waals surface area contributed by atoms with Gasteiger partial charge in [-0.25, -0.2) is 28.5 Å². The topological polar surface area (TPSA) is 94.3 Å². The first-order chi connectivity index (χ1) is 15.0. The number of rotatable bonds is 6. The molecule has 0 aliphatic heterocycles. The van der Waals surface area contributed by atoms with Crippen LogP contribution in [-0.2, 0) is 4.74 Å². The molecule has 4 rings (SSSR count). The summed E-state index contributed by atoms with van der Waals surface area (Å²) in [5.74, 6) is -1.06. The van der Waals surface area contributed by atoms with Gasteiger partial charge in [-0.15, -0.1) is 0 Å². The summed E-state index contributed by atoms with van der Waals surface area (Å²) in [5.41, 5.74) is 1.64. The van der Waals surface area contributed by atoms with Crippen LogP contribution in [0.15, 0.2) is 49.1 Å². The molecule has 0 saturated carbocycles. The van der Waals surface area contributed by atoms with E-state index < -0.39 is 23.6 Å². The van der Waals surface area contributed by atoms with Crippen LogP contribution in [0, 0.1) is 11.6 Å². The summed E-state index contributed by atoms with van der Waals surface area (Å²) in [5, 5.41) is 3.11. The second-order valence-electron chi connectivity index (χ2n) is 6.66. The second-order valence-corrected chi connectivity index (χ2v) is 6.66. The molecule has 4 heterocycles. The number of imidazole rings is 1. The summed E-state index contributed by atoms with van der Waals surface area (Å²) in [7, 11) is 0. The first kappa shape index (κ1) is 20.3. The minimum absolute atomic E-state index is 0.125. The molecule has 0 saturated heterocycles. The van der Waals surface area contributed by atoms with Crippen LogP contribution in [0.5, 0.6) is 0 Å². The third-order valence-electron chi connectivity index (χ3n) is 4.53. The van der Waals surface area contributed by atoms with Crippen molar-refractivity contribution in [3.63, 3.8) is 0 Å². The van der Waals surface area contributed by atoms with Crippen molar-refractivity contribution in [2.24, 2.45) is 0 Å². The van der Waals surface area contributed by atoms with E-state index in [1.54, 1.807) is 13.8 Å². The fraction of sp³-hybridized carbons (Fsp3) is 0.190. The molecule has 0 aliphatic carbocycles. The number of pyridine rings is 2. The van der Waals surface area contributed by atoms with Crippen molar-refractivity contribution in [2.45, 2.75) is 19.9 Å². The zero-order chi connectivity index (χ0) is 22.0. The molecule has 4 aromatic heterocycles. The van der Waals surface area contributed by atoms with Gasteiger partial charge in [0, 0.05) is 12.4 Å². The summed E-state index contributed by atoms with van der Waals surface area (Å²) in [6.07, 6.45) is 5.24. The van der Waals surface area contributed by atoms with Gasteiger partial charge in [-0.05, 0) is 38.1 Å². The summed E-state index contributed by atoms with van der Waals surface area (Å²) >= 11 is 0. The number of ether oxygens (including phenoxy) is 1. The largest absolute Gasteiger partial charge is 0.462 e. The SMILES string of the molecule is CCOC(=O)c1cnc(-c2cnc3ccc(F)cn23)nc1NC(C)c1ccc(F)cn1. The molecule has 1 atom stereocenters. The first-order valence-corrected chi connectivity index (χ1v) is 9.51. The molecule has 158 valence electrons. The zero-order valence-corrected chi connectivity index (χ0v) is 16.7. The van der Waals surface area contributed by atoms with Gasteiger partial charge in [-0.2, -0.15) is 0 Å². The molecular formula is C21H18F2N6O2. The van der Waals surface area contributed by atoms with E-state index >= 15 is 0 Å². The van der Waals surface area contributed by atoms with Crippen molar-refractivity contribution >= 4 is 17.4 Å². The van der Waals surface area contributed by atoms with E-state index in [0.717, 1.165) is 6.20 Å². The van der Waals surface area contributed by atoms with Crippen molar-refractivity contribution in [1.82, 2.24) is 24.3 Å². The maximum Gasteiger partial charge on any atom is 0.343 e. The Hall–Kier alpha value is -3.95. The predicted molar refractivity (Wildman–Crippen MR) is 108 cm³/mol. The molecule has 0 fully saturated rings. The fourth-order valence-corrected chi connectivity index (χ4v) is 3.02. The Morgan fingerprint density at radius 1 is 1.10 bits per heavy atom. The summed E-state index contributed by atoms with van der Waals surface area (Å²) in [6.45, 7) is 3.67. The minimum Gasteiger partial charge on any atom is -0.462 e. The van der Waals surface area contributed by atoms with Gasteiger partial charge in [0.05, 0.1) is 30.7 Å². The first-order valence-electron chi connectivity index (χ1n) is 9.51. The van der Waals surface area contributed by atoms with E-state index in [1.807, 2.05) is 0 Å². The molecule has 0 amide bonds. The highest BCUT2D eigenvalue weighted by Gasteiger charge is 2.20. The molecule has 0 aliphatic rings. The van der Waals surface area contributed by atoms with Crippen LogP contribution in [0.3, 0.4) is 0 Å². The van der Waals surface area contributed by atoms with Gasteiger partial charge in [-0.3, -0.25) is 9.38 Å². The molecule has 8 nitrogen and oxygen atoms in total. The summed E-state index contributed by atoms with van der Waals surface area (Å²) in [6, 6.07) is 5.27. The molecule has 4 aromatic rings. The molecule has 1 unspecified atom stereocenters. The maximum absolute atomic E-state index is 13.7. The lowest BCUT2D eigenvalue weighted by molar-refractivity contribution is 0.0526. The number of aromatic nitrogens is 5. The van der Waals surface area contributed by atoms with Crippen LogP contribution in [0.4, 0.5) is 14.6 Å². The molecule has 0 spiro atoms. The van der Waals surface area contributed by atoms with Gasteiger partial charge in [-0.1, -0.05) is 0 Å². The average Bonchev–Trinajstić information content (AvgIpc) is 3.17. The highest BCUT2D eigenvalue weighted by molar-refractivity contribution is 5.94. The number of nitrogens with one attached hydrogen (secondary N) is 1. The molecule has 10 heteroatoms. The van der Waals surface area contributed by atoms with E-state index in [2.05, 4.69) is 25.3 Å². The third-order valence-corrected chi connectivity index (χ3v) is 4.53. The maximum atomic E-state index is 13.7. The molecule has 31 heavy (non-hydrogen) atoms. The average molecular weight is 424 g/mol. The van der Waals surface area contributed by atoms with E-state index in [-0.39, 0.29) is 23.8 Å². The number of halogens is 2. The number of nitrogens with zero attached hydrogens (tertiary/aromatic N) is 5. The van der Waals surface area contributed by atoms with Crippen LogP contribution in [0.25, 0.3) is 17.2 Å². The number of esters is 1.